The average molecular weight is 178 g/mol. The Labute approximate surface area is 80.4 Å². The zero-order chi connectivity index (χ0) is 9.84. The van der Waals surface area contributed by atoms with Crippen LogP contribution in [0.25, 0.3) is 0 Å². The third-order valence-electron chi connectivity index (χ3n) is 2.40. The molecule has 1 rings (SSSR count). The molecular weight excluding hydrogens is 160 g/mol. The largest absolute Gasteiger partial charge is 0.382 e. The molecule has 0 aliphatic rings. The van der Waals surface area contributed by atoms with E-state index in [0.717, 1.165) is 0 Å². The highest BCUT2D eigenvalue weighted by atomic mass is 14.9. The highest BCUT2D eigenvalue weighted by Gasteiger charge is 2.07. The summed E-state index contributed by atoms with van der Waals surface area (Å²) in [5, 5.41) is 3.47. The molecule has 2 heteroatoms. The lowest BCUT2D eigenvalue weighted by molar-refractivity contribution is 0.559. The fourth-order valence-electron chi connectivity index (χ4n) is 1.05. The molecule has 1 unspecified atom stereocenters. The summed E-state index contributed by atoms with van der Waals surface area (Å²) in [5.41, 5.74) is 2.39. The van der Waals surface area contributed by atoms with Gasteiger partial charge in [0.2, 0.25) is 0 Å². The van der Waals surface area contributed by atoms with Crippen molar-refractivity contribution in [2.75, 3.05) is 5.32 Å². The van der Waals surface area contributed by atoms with Gasteiger partial charge in [0.1, 0.15) is 0 Å². The first-order valence-electron chi connectivity index (χ1n) is 4.78. The number of pyridine rings is 1. The minimum Gasteiger partial charge on any atom is -0.382 e. The molecule has 1 aromatic rings. The SMILES string of the molecule is Cc1cnccc1NC(C)C(C)C. The molecule has 0 saturated carbocycles. The van der Waals surface area contributed by atoms with Crippen LogP contribution >= 0.6 is 0 Å². The van der Waals surface area contributed by atoms with Crippen molar-refractivity contribution in [3.63, 3.8) is 0 Å². The van der Waals surface area contributed by atoms with Gasteiger partial charge in [0.05, 0.1) is 0 Å². The van der Waals surface area contributed by atoms with E-state index in [0.29, 0.717) is 12.0 Å². The Bertz CT molecular complexity index is 269. The molecule has 0 aliphatic carbocycles. The predicted molar refractivity (Wildman–Crippen MR) is 56.9 cm³/mol. The van der Waals surface area contributed by atoms with Crippen LogP contribution in [0.15, 0.2) is 18.5 Å². The van der Waals surface area contributed by atoms with E-state index in [2.05, 4.69) is 38.0 Å². The summed E-state index contributed by atoms with van der Waals surface area (Å²) in [6, 6.07) is 2.52. The van der Waals surface area contributed by atoms with Gasteiger partial charge in [-0.1, -0.05) is 13.8 Å². The molecule has 1 N–H and O–H groups in total. The van der Waals surface area contributed by atoms with Gasteiger partial charge in [-0.2, -0.15) is 0 Å². The quantitative estimate of drug-likeness (QED) is 0.769. The van der Waals surface area contributed by atoms with Crippen LogP contribution < -0.4 is 5.32 Å². The molecule has 0 bridgehead atoms. The van der Waals surface area contributed by atoms with Gasteiger partial charge in [-0.05, 0) is 31.4 Å². The van der Waals surface area contributed by atoms with E-state index in [1.165, 1.54) is 11.3 Å². The zero-order valence-corrected chi connectivity index (χ0v) is 8.83. The van der Waals surface area contributed by atoms with Crippen molar-refractivity contribution in [1.82, 2.24) is 4.98 Å². The maximum atomic E-state index is 4.06. The fraction of sp³-hybridized carbons (Fsp3) is 0.545. The number of nitrogens with one attached hydrogen (secondary N) is 1. The van der Waals surface area contributed by atoms with E-state index < -0.39 is 0 Å². The second kappa shape index (κ2) is 4.26. The van der Waals surface area contributed by atoms with Crippen molar-refractivity contribution < 1.29 is 0 Å². The summed E-state index contributed by atoms with van der Waals surface area (Å²) in [4.78, 5) is 4.06. The molecular formula is C11H18N2. The Morgan fingerprint density at radius 3 is 2.54 bits per heavy atom. The summed E-state index contributed by atoms with van der Waals surface area (Å²) in [7, 11) is 0. The van der Waals surface area contributed by atoms with Crippen LogP contribution in [0.3, 0.4) is 0 Å². The van der Waals surface area contributed by atoms with Gasteiger partial charge in [-0.15, -0.1) is 0 Å². The van der Waals surface area contributed by atoms with Crippen LogP contribution in [0.2, 0.25) is 0 Å². The zero-order valence-electron chi connectivity index (χ0n) is 8.83. The van der Waals surface area contributed by atoms with E-state index in [-0.39, 0.29) is 0 Å². The van der Waals surface area contributed by atoms with E-state index in [1.54, 1.807) is 0 Å². The molecule has 0 spiro atoms. The summed E-state index contributed by atoms with van der Waals surface area (Å²) in [6.07, 6.45) is 3.71. The third-order valence-corrected chi connectivity index (χ3v) is 2.40. The minimum absolute atomic E-state index is 0.501. The topological polar surface area (TPSA) is 24.9 Å². The molecule has 0 saturated heterocycles. The third kappa shape index (κ3) is 2.72. The molecule has 0 fully saturated rings. The fourth-order valence-corrected chi connectivity index (χ4v) is 1.05. The van der Waals surface area contributed by atoms with Crippen molar-refractivity contribution in [2.24, 2.45) is 5.92 Å². The van der Waals surface area contributed by atoms with Crippen molar-refractivity contribution >= 4 is 5.69 Å². The van der Waals surface area contributed by atoms with Gasteiger partial charge in [0, 0.05) is 24.1 Å². The number of hydrogen-bond acceptors (Lipinski definition) is 2. The maximum Gasteiger partial charge on any atom is 0.0402 e. The first-order valence-corrected chi connectivity index (χ1v) is 4.78. The molecule has 1 heterocycles. The normalized spacial score (nSPS) is 13.0. The lowest BCUT2D eigenvalue weighted by atomic mass is 10.1. The van der Waals surface area contributed by atoms with E-state index >= 15 is 0 Å². The molecule has 0 aliphatic heterocycles. The summed E-state index contributed by atoms with van der Waals surface area (Å²) < 4.78 is 0. The van der Waals surface area contributed by atoms with Crippen molar-refractivity contribution in [3.8, 4) is 0 Å². The second-order valence-electron chi connectivity index (χ2n) is 3.87. The smallest absolute Gasteiger partial charge is 0.0402 e. The molecule has 0 radical (unpaired) electrons. The molecule has 1 aromatic heterocycles. The number of rotatable bonds is 3. The van der Waals surface area contributed by atoms with Gasteiger partial charge < -0.3 is 5.32 Å². The van der Waals surface area contributed by atoms with E-state index in [1.807, 2.05) is 18.5 Å². The second-order valence-corrected chi connectivity index (χ2v) is 3.87. The van der Waals surface area contributed by atoms with Crippen molar-refractivity contribution in [2.45, 2.75) is 33.7 Å². The Morgan fingerprint density at radius 1 is 1.31 bits per heavy atom. The standard InChI is InChI=1S/C11H18N2/c1-8(2)10(4)13-11-5-6-12-7-9(11)3/h5-8,10H,1-4H3,(H,12,13). The van der Waals surface area contributed by atoms with Crippen LogP contribution in [-0.2, 0) is 0 Å². The van der Waals surface area contributed by atoms with Crippen LogP contribution in [0.5, 0.6) is 0 Å². The molecule has 2 nitrogen and oxygen atoms in total. The molecule has 1 atom stereocenters. The van der Waals surface area contributed by atoms with Gasteiger partial charge in [0.25, 0.3) is 0 Å². The van der Waals surface area contributed by atoms with Crippen LogP contribution in [-0.4, -0.2) is 11.0 Å². The number of aromatic nitrogens is 1. The van der Waals surface area contributed by atoms with Gasteiger partial charge in [-0.3, -0.25) is 4.98 Å². The number of anilines is 1. The van der Waals surface area contributed by atoms with Crippen molar-refractivity contribution in [3.05, 3.63) is 24.0 Å². The summed E-state index contributed by atoms with van der Waals surface area (Å²) in [5.74, 6) is 0.646. The number of aryl methyl sites for hydroxylation is 1. The first kappa shape index (κ1) is 10.0. The monoisotopic (exact) mass is 178 g/mol. The van der Waals surface area contributed by atoms with Crippen molar-refractivity contribution in [1.29, 1.82) is 0 Å². The highest BCUT2D eigenvalue weighted by molar-refractivity contribution is 5.49. The molecule has 0 amide bonds. The van der Waals surface area contributed by atoms with E-state index in [4.69, 9.17) is 0 Å². The van der Waals surface area contributed by atoms with Gasteiger partial charge in [-0.25, -0.2) is 0 Å². The number of hydrogen-bond donors (Lipinski definition) is 1. The maximum absolute atomic E-state index is 4.06. The predicted octanol–water partition coefficient (Wildman–Crippen LogP) is 2.85. The number of nitrogens with zero attached hydrogens (tertiary/aromatic N) is 1. The average Bonchev–Trinajstić information content (AvgIpc) is 2.08. The molecule has 72 valence electrons. The Morgan fingerprint density at radius 2 is 2.00 bits per heavy atom. The van der Waals surface area contributed by atoms with Crippen LogP contribution in [0.4, 0.5) is 5.69 Å². The lowest BCUT2D eigenvalue weighted by Gasteiger charge is -2.19. The summed E-state index contributed by atoms with van der Waals surface area (Å²) >= 11 is 0. The molecule has 13 heavy (non-hydrogen) atoms. The van der Waals surface area contributed by atoms with Gasteiger partial charge in [0.15, 0.2) is 0 Å². The van der Waals surface area contributed by atoms with Crippen LogP contribution in [0, 0.1) is 12.8 Å². The Kier molecular flexibility index (Phi) is 3.29. The first-order chi connectivity index (χ1) is 6.11. The van der Waals surface area contributed by atoms with Gasteiger partial charge >= 0.3 is 0 Å². The van der Waals surface area contributed by atoms with E-state index in [9.17, 15) is 0 Å². The Hall–Kier alpha value is -1.05. The molecule has 0 aromatic carbocycles. The minimum atomic E-state index is 0.501. The Balaban J connectivity index is 2.69. The summed E-state index contributed by atoms with van der Waals surface area (Å²) in [6.45, 7) is 8.70. The lowest BCUT2D eigenvalue weighted by Crippen LogP contribution is -2.21. The van der Waals surface area contributed by atoms with Crippen LogP contribution in [0.1, 0.15) is 26.3 Å². The highest BCUT2D eigenvalue weighted by Crippen LogP contribution is 2.15.